The molecule has 0 bridgehead atoms. The van der Waals surface area contributed by atoms with Crippen LogP contribution >= 0.6 is 0 Å². The van der Waals surface area contributed by atoms with E-state index in [-0.39, 0.29) is 31.2 Å². The standard InChI is InChI=1S/C18H27N3O5/c1-18(2,3)26-17(24)19-10-8-15(22)20-13-6-5-7-14(12-13)21-16(23)9-11-25-4/h5-7,12H,8-11H2,1-4H3,(H,19,24)(H,20,22)(H,21,23). The second-order valence-electron chi connectivity index (χ2n) is 6.60. The molecule has 0 unspecified atom stereocenters. The molecule has 0 heterocycles. The molecule has 0 spiro atoms. The molecule has 0 aliphatic rings. The Bertz CT molecular complexity index is 625. The van der Waals surface area contributed by atoms with Gasteiger partial charge in [-0.2, -0.15) is 0 Å². The molecule has 0 atom stereocenters. The highest BCUT2D eigenvalue weighted by atomic mass is 16.6. The highest BCUT2D eigenvalue weighted by Crippen LogP contribution is 2.15. The maximum absolute atomic E-state index is 11.9. The zero-order chi connectivity index (χ0) is 19.6. The molecule has 8 heteroatoms. The molecule has 0 radical (unpaired) electrons. The highest BCUT2D eigenvalue weighted by molar-refractivity contribution is 5.94. The average Bonchev–Trinajstić information content (AvgIpc) is 2.51. The molecular formula is C18H27N3O5. The van der Waals surface area contributed by atoms with Crippen LogP contribution in [0.3, 0.4) is 0 Å². The van der Waals surface area contributed by atoms with E-state index >= 15 is 0 Å². The van der Waals surface area contributed by atoms with Crippen LogP contribution in [0.2, 0.25) is 0 Å². The summed E-state index contributed by atoms with van der Waals surface area (Å²) in [7, 11) is 1.53. The van der Waals surface area contributed by atoms with E-state index in [9.17, 15) is 14.4 Å². The lowest BCUT2D eigenvalue weighted by molar-refractivity contribution is -0.117. The lowest BCUT2D eigenvalue weighted by atomic mass is 10.2. The van der Waals surface area contributed by atoms with Gasteiger partial charge in [0.1, 0.15) is 5.60 Å². The number of hydrogen-bond donors (Lipinski definition) is 3. The molecule has 0 saturated heterocycles. The van der Waals surface area contributed by atoms with Gasteiger partial charge in [-0.3, -0.25) is 9.59 Å². The van der Waals surface area contributed by atoms with Gasteiger partial charge < -0.3 is 25.4 Å². The molecule has 0 aromatic heterocycles. The van der Waals surface area contributed by atoms with Crippen LogP contribution in [0, 0.1) is 0 Å². The van der Waals surface area contributed by atoms with Crippen LogP contribution in [-0.2, 0) is 19.1 Å². The normalized spacial score (nSPS) is 10.8. The van der Waals surface area contributed by atoms with E-state index in [4.69, 9.17) is 9.47 Å². The number of methoxy groups -OCH3 is 1. The van der Waals surface area contributed by atoms with Crippen molar-refractivity contribution in [3.8, 4) is 0 Å². The third-order valence-corrected chi connectivity index (χ3v) is 2.98. The molecule has 0 fully saturated rings. The second-order valence-corrected chi connectivity index (χ2v) is 6.60. The monoisotopic (exact) mass is 365 g/mol. The van der Waals surface area contributed by atoms with Gasteiger partial charge in [0.15, 0.2) is 0 Å². The molecule has 3 amide bonds. The average molecular weight is 365 g/mol. The van der Waals surface area contributed by atoms with Gasteiger partial charge in [-0.15, -0.1) is 0 Å². The Kier molecular flexibility index (Phi) is 8.57. The van der Waals surface area contributed by atoms with Gasteiger partial charge in [0.2, 0.25) is 11.8 Å². The van der Waals surface area contributed by atoms with E-state index in [0.717, 1.165) is 0 Å². The lowest BCUT2D eigenvalue weighted by Gasteiger charge is -2.19. The summed E-state index contributed by atoms with van der Waals surface area (Å²) in [6.07, 6.45) is -0.210. The number of amides is 3. The van der Waals surface area contributed by atoms with Crippen LogP contribution in [0.1, 0.15) is 33.6 Å². The predicted molar refractivity (Wildman–Crippen MR) is 99.0 cm³/mol. The van der Waals surface area contributed by atoms with Crippen molar-refractivity contribution in [2.45, 2.75) is 39.2 Å². The Morgan fingerprint density at radius 2 is 1.58 bits per heavy atom. The maximum atomic E-state index is 11.9. The van der Waals surface area contributed by atoms with Crippen molar-refractivity contribution in [3.05, 3.63) is 24.3 Å². The summed E-state index contributed by atoms with van der Waals surface area (Å²) in [5, 5.41) is 7.96. The van der Waals surface area contributed by atoms with Crippen molar-refractivity contribution in [2.75, 3.05) is 30.9 Å². The van der Waals surface area contributed by atoms with Crippen molar-refractivity contribution >= 4 is 29.3 Å². The number of nitrogens with one attached hydrogen (secondary N) is 3. The van der Waals surface area contributed by atoms with Gasteiger partial charge in [-0.1, -0.05) is 6.07 Å². The summed E-state index contributed by atoms with van der Waals surface area (Å²) in [6.45, 7) is 5.79. The quantitative estimate of drug-likeness (QED) is 0.656. The molecule has 1 aromatic carbocycles. The Labute approximate surface area is 153 Å². The SMILES string of the molecule is COCCC(=O)Nc1cccc(NC(=O)CCNC(=O)OC(C)(C)C)c1. The van der Waals surface area contributed by atoms with Crippen molar-refractivity contribution in [3.63, 3.8) is 0 Å². The summed E-state index contributed by atoms with van der Waals surface area (Å²) >= 11 is 0. The minimum atomic E-state index is -0.583. The molecule has 1 aromatic rings. The van der Waals surface area contributed by atoms with E-state index in [1.807, 2.05) is 0 Å². The molecule has 144 valence electrons. The van der Waals surface area contributed by atoms with Crippen LogP contribution in [0.4, 0.5) is 16.2 Å². The smallest absolute Gasteiger partial charge is 0.407 e. The second kappa shape index (κ2) is 10.4. The number of carbonyl (C=O) groups is 3. The molecule has 0 saturated carbocycles. The van der Waals surface area contributed by atoms with Crippen LogP contribution in [-0.4, -0.2) is 43.8 Å². The number of anilines is 2. The molecule has 0 aliphatic heterocycles. The van der Waals surface area contributed by atoms with Crippen molar-refractivity contribution in [2.24, 2.45) is 0 Å². The van der Waals surface area contributed by atoms with E-state index in [0.29, 0.717) is 18.0 Å². The summed E-state index contributed by atoms with van der Waals surface area (Å²) in [5.41, 5.74) is 0.549. The van der Waals surface area contributed by atoms with Gasteiger partial charge in [-0.05, 0) is 39.0 Å². The third kappa shape index (κ3) is 9.63. The number of hydrogen-bond acceptors (Lipinski definition) is 5. The van der Waals surface area contributed by atoms with Gasteiger partial charge in [0.25, 0.3) is 0 Å². The minimum Gasteiger partial charge on any atom is -0.444 e. The molecule has 26 heavy (non-hydrogen) atoms. The largest absolute Gasteiger partial charge is 0.444 e. The molecule has 0 aliphatic carbocycles. The van der Waals surface area contributed by atoms with E-state index in [1.165, 1.54) is 7.11 Å². The number of benzene rings is 1. The fourth-order valence-electron chi connectivity index (χ4n) is 1.91. The van der Waals surface area contributed by atoms with Crippen molar-refractivity contribution < 1.29 is 23.9 Å². The summed E-state index contributed by atoms with van der Waals surface area (Å²) in [5.74, 6) is -0.430. The van der Waals surface area contributed by atoms with Crippen molar-refractivity contribution in [1.82, 2.24) is 5.32 Å². The fourth-order valence-corrected chi connectivity index (χ4v) is 1.91. The molecule has 8 nitrogen and oxygen atoms in total. The Hall–Kier alpha value is -2.61. The number of rotatable bonds is 8. The van der Waals surface area contributed by atoms with Crippen LogP contribution in [0.5, 0.6) is 0 Å². The number of carbonyl (C=O) groups excluding carboxylic acids is 3. The third-order valence-electron chi connectivity index (χ3n) is 2.98. The molecule has 3 N–H and O–H groups in total. The Morgan fingerprint density at radius 1 is 1.00 bits per heavy atom. The summed E-state index contributed by atoms with van der Waals surface area (Å²) < 4.78 is 9.94. The van der Waals surface area contributed by atoms with Gasteiger partial charge in [0.05, 0.1) is 13.0 Å². The Balaban J connectivity index is 2.41. The minimum absolute atomic E-state index is 0.101. The first kappa shape index (κ1) is 21.4. The van der Waals surface area contributed by atoms with E-state index in [2.05, 4.69) is 16.0 Å². The van der Waals surface area contributed by atoms with Gasteiger partial charge in [-0.25, -0.2) is 4.79 Å². The zero-order valence-electron chi connectivity index (χ0n) is 15.7. The summed E-state index contributed by atoms with van der Waals surface area (Å²) in [6, 6.07) is 6.82. The first-order valence-corrected chi connectivity index (χ1v) is 8.35. The van der Waals surface area contributed by atoms with Crippen molar-refractivity contribution in [1.29, 1.82) is 0 Å². The van der Waals surface area contributed by atoms with E-state index < -0.39 is 11.7 Å². The van der Waals surface area contributed by atoms with Crippen LogP contribution < -0.4 is 16.0 Å². The number of ether oxygens (including phenoxy) is 2. The van der Waals surface area contributed by atoms with Gasteiger partial charge >= 0.3 is 6.09 Å². The van der Waals surface area contributed by atoms with Gasteiger partial charge in [0, 0.05) is 31.5 Å². The van der Waals surface area contributed by atoms with Crippen LogP contribution in [0.25, 0.3) is 0 Å². The molecular weight excluding hydrogens is 338 g/mol. The summed E-state index contributed by atoms with van der Waals surface area (Å²) in [4.78, 5) is 35.1. The first-order valence-electron chi connectivity index (χ1n) is 8.35. The van der Waals surface area contributed by atoms with Crippen LogP contribution in [0.15, 0.2) is 24.3 Å². The number of alkyl carbamates (subject to hydrolysis) is 1. The fraction of sp³-hybridized carbons (Fsp3) is 0.500. The maximum Gasteiger partial charge on any atom is 0.407 e. The predicted octanol–water partition coefficient (Wildman–Crippen LogP) is 2.51. The lowest BCUT2D eigenvalue weighted by Crippen LogP contribution is -2.34. The topological polar surface area (TPSA) is 106 Å². The Morgan fingerprint density at radius 3 is 2.12 bits per heavy atom. The van der Waals surface area contributed by atoms with E-state index in [1.54, 1.807) is 45.0 Å². The first-order chi connectivity index (χ1) is 12.2. The highest BCUT2D eigenvalue weighted by Gasteiger charge is 2.15. The zero-order valence-corrected chi connectivity index (χ0v) is 15.7. The molecule has 1 rings (SSSR count).